The van der Waals surface area contributed by atoms with Gasteiger partial charge in [-0.25, -0.2) is 4.39 Å². The number of nitrogens with one attached hydrogen (secondary N) is 2. The molecule has 3 saturated heterocycles. The zero-order chi connectivity index (χ0) is 34.2. The van der Waals surface area contributed by atoms with E-state index in [0.717, 1.165) is 72.3 Å². The summed E-state index contributed by atoms with van der Waals surface area (Å²) in [7, 11) is 0. The van der Waals surface area contributed by atoms with E-state index in [-0.39, 0.29) is 17.5 Å². The number of fused-ring (bicyclic) bond motifs is 3. The first-order valence-electron chi connectivity index (χ1n) is 17.0. The van der Waals surface area contributed by atoms with Crippen LogP contribution in [0.1, 0.15) is 36.8 Å². The Hall–Kier alpha value is -3.97. The number of hydrogen-bond donors (Lipinski definition) is 3. The van der Waals surface area contributed by atoms with Gasteiger partial charge in [0, 0.05) is 79.6 Å². The summed E-state index contributed by atoms with van der Waals surface area (Å²) in [5.41, 5.74) is 10.1. The SMILES string of the molecule is NC1(C(=O)NCCCn2cc(-c3ccc(OC(F)(F)F)cc3)c3cc(CN4CC5CC4CN5Cc4ccccc4F)ccc32)CCNCC1. The van der Waals surface area contributed by atoms with Crippen molar-refractivity contribution in [2.45, 2.75) is 69.3 Å². The number of nitrogens with two attached hydrogens (primary N) is 1. The predicted octanol–water partition coefficient (Wildman–Crippen LogP) is 5.39. The number of piperidine rings is 1. The molecule has 7 rings (SSSR count). The molecule has 4 aromatic rings. The van der Waals surface area contributed by atoms with Gasteiger partial charge in [0.2, 0.25) is 5.91 Å². The number of carbonyl (C=O) groups excluding carboxylic acids is 1. The molecule has 8 nitrogen and oxygen atoms in total. The van der Waals surface area contributed by atoms with Crippen LogP contribution in [0.25, 0.3) is 22.0 Å². The third-order valence-corrected chi connectivity index (χ3v) is 10.3. The topological polar surface area (TPSA) is 87.8 Å². The Morgan fingerprint density at radius 1 is 0.980 bits per heavy atom. The summed E-state index contributed by atoms with van der Waals surface area (Å²) in [6.07, 6.45) is 0.218. The second-order valence-corrected chi connectivity index (χ2v) is 13.7. The molecule has 1 aromatic heterocycles. The highest BCUT2D eigenvalue weighted by molar-refractivity contribution is 5.96. The minimum atomic E-state index is -4.76. The minimum absolute atomic E-state index is 0.121. The molecule has 3 aliphatic heterocycles. The van der Waals surface area contributed by atoms with Crippen LogP contribution in [0, 0.1) is 5.82 Å². The molecule has 4 N–H and O–H groups in total. The van der Waals surface area contributed by atoms with Crippen molar-refractivity contribution in [3.8, 4) is 16.9 Å². The summed E-state index contributed by atoms with van der Waals surface area (Å²) >= 11 is 0. The van der Waals surface area contributed by atoms with Crippen molar-refractivity contribution in [3.05, 3.63) is 89.9 Å². The maximum absolute atomic E-state index is 14.3. The number of carbonyl (C=O) groups is 1. The largest absolute Gasteiger partial charge is 0.573 e. The van der Waals surface area contributed by atoms with Gasteiger partial charge in [0.05, 0.1) is 5.54 Å². The lowest BCUT2D eigenvalue weighted by molar-refractivity contribution is -0.274. The van der Waals surface area contributed by atoms with E-state index >= 15 is 0 Å². The third-order valence-electron chi connectivity index (χ3n) is 10.3. The van der Waals surface area contributed by atoms with Gasteiger partial charge in [0.15, 0.2) is 0 Å². The number of benzene rings is 3. The van der Waals surface area contributed by atoms with Crippen LogP contribution in [0.4, 0.5) is 17.6 Å². The normalized spacial score (nSPS) is 21.0. The van der Waals surface area contributed by atoms with Crippen molar-refractivity contribution < 1.29 is 27.1 Å². The summed E-state index contributed by atoms with van der Waals surface area (Å²) in [4.78, 5) is 17.7. The highest BCUT2D eigenvalue weighted by Gasteiger charge is 2.43. The number of likely N-dealkylation sites (tertiary alicyclic amines) is 2. The van der Waals surface area contributed by atoms with Crippen LogP contribution >= 0.6 is 0 Å². The number of aromatic nitrogens is 1. The molecule has 3 fully saturated rings. The molecule has 260 valence electrons. The third kappa shape index (κ3) is 7.47. The maximum atomic E-state index is 14.3. The molecule has 2 unspecified atom stereocenters. The van der Waals surface area contributed by atoms with Gasteiger partial charge in [0.25, 0.3) is 0 Å². The van der Waals surface area contributed by atoms with Gasteiger partial charge in [-0.2, -0.15) is 0 Å². The molecule has 0 saturated carbocycles. The number of ether oxygens (including phenoxy) is 1. The number of amides is 1. The fourth-order valence-corrected chi connectivity index (χ4v) is 7.72. The van der Waals surface area contributed by atoms with Gasteiger partial charge in [-0.05, 0) is 80.2 Å². The van der Waals surface area contributed by atoms with Crippen LogP contribution in [0.15, 0.2) is 72.9 Å². The van der Waals surface area contributed by atoms with Crippen molar-refractivity contribution in [2.75, 3.05) is 32.7 Å². The minimum Gasteiger partial charge on any atom is -0.406 e. The second-order valence-electron chi connectivity index (χ2n) is 13.7. The molecule has 49 heavy (non-hydrogen) atoms. The Morgan fingerprint density at radius 3 is 2.39 bits per heavy atom. The maximum Gasteiger partial charge on any atom is 0.573 e. The Bertz CT molecular complexity index is 1790. The Morgan fingerprint density at radius 2 is 1.69 bits per heavy atom. The molecule has 12 heteroatoms. The fraction of sp³-hybridized carbons (Fsp3) is 0.432. The Labute approximate surface area is 283 Å². The summed E-state index contributed by atoms with van der Waals surface area (Å²) in [6.45, 7) is 5.76. The zero-order valence-corrected chi connectivity index (χ0v) is 27.3. The van der Waals surface area contributed by atoms with Gasteiger partial charge in [-0.3, -0.25) is 14.6 Å². The van der Waals surface area contributed by atoms with Crippen molar-refractivity contribution in [1.29, 1.82) is 0 Å². The highest BCUT2D eigenvalue weighted by Crippen LogP contribution is 2.36. The Kier molecular flexibility index (Phi) is 9.40. The first kappa shape index (κ1) is 33.5. The van der Waals surface area contributed by atoms with E-state index in [9.17, 15) is 22.4 Å². The first-order chi connectivity index (χ1) is 23.5. The van der Waals surface area contributed by atoms with Crippen LogP contribution in [0.5, 0.6) is 5.75 Å². The highest BCUT2D eigenvalue weighted by atomic mass is 19.4. The number of alkyl halides is 3. The zero-order valence-electron chi connectivity index (χ0n) is 27.3. The van der Waals surface area contributed by atoms with Crippen LogP contribution in [-0.2, 0) is 24.4 Å². The number of rotatable bonds is 11. The molecule has 0 aliphatic carbocycles. The van der Waals surface area contributed by atoms with Crippen molar-refractivity contribution in [1.82, 2.24) is 25.0 Å². The average molecular weight is 679 g/mol. The van der Waals surface area contributed by atoms with Crippen LogP contribution < -0.4 is 21.1 Å². The standard InChI is InChI=1S/C37H42F4N6O2/c38-33-5-2-1-4-27(33)21-47-23-28-19-29(47)22-46(28)20-25-6-11-34-31(18-25)32(26-7-9-30(10-8-26)49-37(39,40)41)24-45(34)17-3-14-44-35(48)36(42)12-15-43-16-13-36/h1-2,4-11,18,24,28-29,43H,3,12-17,19-23,42H2,(H,44,48). The monoisotopic (exact) mass is 678 g/mol. The van der Waals surface area contributed by atoms with Crippen molar-refractivity contribution in [2.24, 2.45) is 5.73 Å². The molecule has 0 radical (unpaired) electrons. The molecule has 3 aromatic carbocycles. The number of hydrogen-bond acceptors (Lipinski definition) is 6. The van der Waals surface area contributed by atoms with Crippen LogP contribution in [0.3, 0.4) is 0 Å². The molecule has 1 amide bonds. The van der Waals surface area contributed by atoms with Crippen molar-refractivity contribution >= 4 is 16.8 Å². The van der Waals surface area contributed by atoms with E-state index in [0.29, 0.717) is 51.0 Å². The average Bonchev–Trinajstić information content (AvgIpc) is 3.77. The van der Waals surface area contributed by atoms with E-state index in [2.05, 4.69) is 47.9 Å². The van der Waals surface area contributed by atoms with Crippen LogP contribution in [0.2, 0.25) is 0 Å². The van der Waals surface area contributed by atoms with E-state index in [1.165, 1.54) is 18.2 Å². The van der Waals surface area contributed by atoms with E-state index in [1.54, 1.807) is 18.2 Å². The van der Waals surface area contributed by atoms with Gasteiger partial charge in [0.1, 0.15) is 11.6 Å². The molecule has 2 atom stereocenters. The smallest absolute Gasteiger partial charge is 0.406 e. The Balaban J connectivity index is 1.06. The molecule has 2 bridgehead atoms. The van der Waals surface area contributed by atoms with Gasteiger partial charge < -0.3 is 25.7 Å². The number of nitrogens with zero attached hydrogens (tertiary/aromatic N) is 3. The van der Waals surface area contributed by atoms with Gasteiger partial charge in [-0.15, -0.1) is 13.2 Å². The predicted molar refractivity (Wildman–Crippen MR) is 180 cm³/mol. The molecule has 0 spiro atoms. The lowest BCUT2D eigenvalue weighted by Gasteiger charge is -2.34. The molecule has 3 aliphatic rings. The number of aryl methyl sites for hydroxylation is 1. The lowest BCUT2D eigenvalue weighted by Crippen LogP contribution is -2.59. The molecular weight excluding hydrogens is 636 g/mol. The summed E-state index contributed by atoms with van der Waals surface area (Å²) < 4.78 is 59.0. The molecular formula is C37H42F4N6O2. The van der Waals surface area contributed by atoms with E-state index < -0.39 is 11.9 Å². The van der Waals surface area contributed by atoms with Gasteiger partial charge >= 0.3 is 6.36 Å². The fourth-order valence-electron chi connectivity index (χ4n) is 7.72. The van der Waals surface area contributed by atoms with E-state index in [1.807, 2.05) is 18.3 Å². The summed E-state index contributed by atoms with van der Waals surface area (Å²) in [6, 6.07) is 20.1. The lowest BCUT2D eigenvalue weighted by atomic mass is 9.88. The van der Waals surface area contributed by atoms with E-state index in [4.69, 9.17) is 5.73 Å². The quantitative estimate of drug-likeness (QED) is 0.146. The first-order valence-corrected chi connectivity index (χ1v) is 17.0. The van der Waals surface area contributed by atoms with Crippen molar-refractivity contribution in [3.63, 3.8) is 0 Å². The number of halogens is 4. The summed E-state index contributed by atoms with van der Waals surface area (Å²) in [5.74, 6) is -0.550. The molecule has 4 heterocycles. The van der Waals surface area contributed by atoms with Crippen LogP contribution in [-0.4, -0.2) is 77.0 Å². The number of piperazine rings is 1. The summed E-state index contributed by atoms with van der Waals surface area (Å²) in [5, 5.41) is 7.26. The second kappa shape index (κ2) is 13.7. The van der Waals surface area contributed by atoms with Gasteiger partial charge in [-0.1, -0.05) is 36.4 Å².